The van der Waals surface area contributed by atoms with Gasteiger partial charge in [0.2, 0.25) is 0 Å². The van der Waals surface area contributed by atoms with Crippen molar-refractivity contribution in [2.45, 2.75) is 0 Å². The molecular weight excluding hydrogens is 302 g/mol. The molecular formula is C18H17N5O. The highest BCUT2D eigenvalue weighted by Crippen LogP contribution is 2.32. The minimum atomic E-state index is -0.0930. The summed E-state index contributed by atoms with van der Waals surface area (Å²) in [6.45, 7) is 1.43. The lowest BCUT2D eigenvalue weighted by Crippen LogP contribution is -2.43. The number of benzene rings is 1. The molecule has 24 heavy (non-hydrogen) atoms. The molecule has 0 aliphatic carbocycles. The zero-order chi connectivity index (χ0) is 16.5. The Bertz CT molecular complexity index is 875. The van der Waals surface area contributed by atoms with E-state index in [4.69, 9.17) is 0 Å². The van der Waals surface area contributed by atoms with Crippen LogP contribution in [0.4, 0.5) is 11.4 Å². The van der Waals surface area contributed by atoms with Gasteiger partial charge in [-0.05, 0) is 30.3 Å². The average molecular weight is 319 g/mol. The van der Waals surface area contributed by atoms with Gasteiger partial charge in [-0.15, -0.1) is 0 Å². The number of hydrogen-bond donors (Lipinski definition) is 0. The van der Waals surface area contributed by atoms with Gasteiger partial charge in [0, 0.05) is 32.5 Å². The Morgan fingerprint density at radius 1 is 1.00 bits per heavy atom. The van der Waals surface area contributed by atoms with Crippen molar-refractivity contribution in [1.29, 1.82) is 0 Å². The third-order valence-corrected chi connectivity index (χ3v) is 4.18. The Balaban J connectivity index is 1.70. The number of fused-ring (bicyclic) bond motifs is 1. The van der Waals surface area contributed by atoms with Gasteiger partial charge in [-0.25, -0.2) is 9.67 Å². The molecule has 0 N–H and O–H groups in total. The Kier molecular flexibility index (Phi) is 3.49. The fraction of sp³-hybridized carbons (Fsp3) is 0.167. The molecule has 4 rings (SSSR count). The summed E-state index contributed by atoms with van der Waals surface area (Å²) >= 11 is 0. The predicted octanol–water partition coefficient (Wildman–Crippen LogP) is 2.36. The number of aromatic nitrogens is 3. The molecule has 0 saturated heterocycles. The minimum absolute atomic E-state index is 0.0930. The van der Waals surface area contributed by atoms with Crippen molar-refractivity contribution in [2.75, 3.05) is 29.9 Å². The Morgan fingerprint density at radius 3 is 2.62 bits per heavy atom. The second-order valence-electron chi connectivity index (χ2n) is 5.70. The fourth-order valence-corrected chi connectivity index (χ4v) is 2.93. The molecule has 0 spiro atoms. The van der Waals surface area contributed by atoms with Crippen molar-refractivity contribution in [3.8, 4) is 5.82 Å². The minimum Gasteiger partial charge on any atom is -0.371 e. The topological polar surface area (TPSA) is 54.3 Å². The number of anilines is 2. The van der Waals surface area contributed by atoms with Gasteiger partial charge in [0.25, 0.3) is 5.91 Å². The van der Waals surface area contributed by atoms with Gasteiger partial charge in [-0.2, -0.15) is 5.10 Å². The van der Waals surface area contributed by atoms with Crippen LogP contribution in [0.3, 0.4) is 0 Å². The third kappa shape index (κ3) is 2.42. The van der Waals surface area contributed by atoms with Gasteiger partial charge in [0.05, 0.1) is 11.4 Å². The average Bonchev–Trinajstić information content (AvgIpc) is 3.17. The van der Waals surface area contributed by atoms with Crippen molar-refractivity contribution in [3.63, 3.8) is 0 Å². The highest BCUT2D eigenvalue weighted by atomic mass is 16.2. The molecule has 0 radical (unpaired) electrons. The molecule has 1 amide bonds. The quantitative estimate of drug-likeness (QED) is 0.728. The highest BCUT2D eigenvalue weighted by Gasteiger charge is 2.26. The van der Waals surface area contributed by atoms with Gasteiger partial charge in [0.1, 0.15) is 5.69 Å². The molecule has 0 bridgehead atoms. The van der Waals surface area contributed by atoms with Crippen molar-refractivity contribution in [3.05, 3.63) is 66.6 Å². The number of rotatable bonds is 2. The first-order chi connectivity index (χ1) is 11.7. The number of carbonyl (C=O) groups is 1. The van der Waals surface area contributed by atoms with Crippen LogP contribution in [0.2, 0.25) is 0 Å². The summed E-state index contributed by atoms with van der Waals surface area (Å²) in [6.07, 6.45) is 3.49. The first-order valence-electron chi connectivity index (χ1n) is 7.83. The zero-order valence-corrected chi connectivity index (χ0v) is 13.3. The molecule has 1 aromatic carbocycles. The van der Waals surface area contributed by atoms with Gasteiger partial charge in [-0.3, -0.25) is 4.79 Å². The van der Waals surface area contributed by atoms with Crippen LogP contribution in [0, 0.1) is 0 Å². The van der Waals surface area contributed by atoms with Crippen LogP contribution in [0.25, 0.3) is 5.82 Å². The van der Waals surface area contributed by atoms with E-state index >= 15 is 0 Å². The molecule has 6 nitrogen and oxygen atoms in total. The highest BCUT2D eigenvalue weighted by molar-refractivity contribution is 6.07. The Labute approximate surface area is 140 Å². The molecule has 0 saturated carbocycles. The number of nitrogens with zero attached hydrogens (tertiary/aromatic N) is 5. The number of hydrogen-bond acceptors (Lipinski definition) is 4. The first-order valence-corrected chi connectivity index (χ1v) is 7.83. The number of para-hydroxylation sites is 2. The van der Waals surface area contributed by atoms with E-state index in [1.807, 2.05) is 55.7 Å². The molecule has 0 atom stereocenters. The fourth-order valence-electron chi connectivity index (χ4n) is 2.93. The summed E-state index contributed by atoms with van der Waals surface area (Å²) in [6, 6.07) is 15.2. The summed E-state index contributed by atoms with van der Waals surface area (Å²) in [5.41, 5.74) is 2.39. The maximum atomic E-state index is 13.0. The lowest BCUT2D eigenvalue weighted by atomic mass is 10.1. The van der Waals surface area contributed by atoms with Crippen LogP contribution in [0.15, 0.2) is 60.9 Å². The summed E-state index contributed by atoms with van der Waals surface area (Å²) in [5.74, 6) is 0.540. The molecule has 3 heterocycles. The van der Waals surface area contributed by atoms with Crippen molar-refractivity contribution < 1.29 is 4.79 Å². The van der Waals surface area contributed by atoms with Gasteiger partial charge >= 0.3 is 0 Å². The maximum absolute atomic E-state index is 13.0. The van der Waals surface area contributed by atoms with E-state index in [0.29, 0.717) is 18.1 Å². The molecule has 1 aliphatic rings. The molecule has 0 unspecified atom stereocenters. The van der Waals surface area contributed by atoms with Crippen molar-refractivity contribution in [1.82, 2.24) is 14.8 Å². The lowest BCUT2D eigenvalue weighted by Gasteiger charge is -2.35. The van der Waals surface area contributed by atoms with E-state index in [9.17, 15) is 4.79 Å². The molecule has 2 aromatic heterocycles. The maximum Gasteiger partial charge on any atom is 0.277 e. The Hall–Kier alpha value is -3.15. The lowest BCUT2D eigenvalue weighted by molar-refractivity contribution is 0.0982. The molecule has 1 aliphatic heterocycles. The molecule has 6 heteroatoms. The smallest absolute Gasteiger partial charge is 0.277 e. The van der Waals surface area contributed by atoms with E-state index in [2.05, 4.69) is 15.0 Å². The van der Waals surface area contributed by atoms with E-state index in [0.717, 1.165) is 17.9 Å². The number of pyridine rings is 1. The normalized spacial score (nSPS) is 13.7. The SMILES string of the molecule is CN1CCN(C(=O)c2cccc(-n3cccn3)n2)c2ccccc21. The van der Waals surface area contributed by atoms with E-state index in [-0.39, 0.29) is 5.91 Å². The van der Waals surface area contributed by atoms with Crippen molar-refractivity contribution >= 4 is 17.3 Å². The van der Waals surface area contributed by atoms with Crippen LogP contribution >= 0.6 is 0 Å². The predicted molar refractivity (Wildman–Crippen MR) is 92.7 cm³/mol. The first kappa shape index (κ1) is 14.4. The summed E-state index contributed by atoms with van der Waals surface area (Å²) in [4.78, 5) is 21.4. The molecule has 120 valence electrons. The van der Waals surface area contributed by atoms with E-state index in [1.54, 1.807) is 21.8 Å². The Morgan fingerprint density at radius 2 is 1.83 bits per heavy atom. The van der Waals surface area contributed by atoms with Gasteiger partial charge in [-0.1, -0.05) is 18.2 Å². The largest absolute Gasteiger partial charge is 0.371 e. The van der Waals surface area contributed by atoms with Gasteiger partial charge in [0.15, 0.2) is 5.82 Å². The zero-order valence-electron chi connectivity index (χ0n) is 13.3. The standard InChI is InChI=1S/C18H17N5O/c1-21-12-13-22(16-8-3-2-7-15(16)21)18(24)14-6-4-9-17(20-14)23-11-5-10-19-23/h2-11H,12-13H2,1H3. The number of carbonyl (C=O) groups excluding carboxylic acids is 1. The monoisotopic (exact) mass is 319 g/mol. The number of likely N-dealkylation sites (N-methyl/N-ethyl adjacent to an activating group) is 1. The molecule has 0 fully saturated rings. The molecule has 3 aromatic rings. The van der Waals surface area contributed by atoms with E-state index in [1.165, 1.54) is 0 Å². The van der Waals surface area contributed by atoms with Crippen molar-refractivity contribution in [2.24, 2.45) is 0 Å². The van der Waals surface area contributed by atoms with Crippen LogP contribution < -0.4 is 9.80 Å². The summed E-state index contributed by atoms with van der Waals surface area (Å²) in [7, 11) is 2.04. The van der Waals surface area contributed by atoms with Crippen LogP contribution in [-0.4, -0.2) is 40.8 Å². The van der Waals surface area contributed by atoms with Crippen LogP contribution in [0.5, 0.6) is 0 Å². The summed E-state index contributed by atoms with van der Waals surface area (Å²) < 4.78 is 1.65. The number of amides is 1. The van der Waals surface area contributed by atoms with Crippen LogP contribution in [-0.2, 0) is 0 Å². The third-order valence-electron chi connectivity index (χ3n) is 4.18. The second kappa shape index (κ2) is 5.81. The van der Waals surface area contributed by atoms with Crippen LogP contribution in [0.1, 0.15) is 10.5 Å². The van der Waals surface area contributed by atoms with Gasteiger partial charge < -0.3 is 9.80 Å². The summed E-state index contributed by atoms with van der Waals surface area (Å²) in [5, 5.41) is 4.17. The van der Waals surface area contributed by atoms with E-state index < -0.39 is 0 Å². The second-order valence-corrected chi connectivity index (χ2v) is 5.70.